The molecule has 0 fully saturated rings. The Labute approximate surface area is 98.1 Å². The van der Waals surface area contributed by atoms with Crippen LogP contribution in [0.4, 0.5) is 0 Å². The third-order valence-electron chi connectivity index (χ3n) is 1.98. The number of esters is 1. The molecule has 0 bridgehead atoms. The molecule has 0 atom stereocenters. The lowest BCUT2D eigenvalue weighted by atomic mass is 10.4. The summed E-state index contributed by atoms with van der Waals surface area (Å²) in [4.78, 5) is 13.3. The standard InChI is InChI=1S/C11H24N2O3/c1-10(2)16-11(14)9-12-5-6-13(3)7-8-15-4/h10,12H,5-9H2,1-4H3. The molecule has 0 aromatic heterocycles. The average Bonchev–Trinajstić information content (AvgIpc) is 2.20. The SMILES string of the molecule is COCCN(C)CCNCC(=O)OC(C)C. The van der Waals surface area contributed by atoms with Gasteiger partial charge in [-0.05, 0) is 20.9 Å². The second-order valence-corrected chi connectivity index (χ2v) is 4.01. The zero-order valence-corrected chi connectivity index (χ0v) is 10.8. The van der Waals surface area contributed by atoms with Gasteiger partial charge >= 0.3 is 5.97 Å². The highest BCUT2D eigenvalue weighted by molar-refractivity contribution is 5.71. The summed E-state index contributed by atoms with van der Waals surface area (Å²) in [7, 11) is 3.71. The van der Waals surface area contributed by atoms with E-state index in [1.807, 2.05) is 20.9 Å². The average molecular weight is 232 g/mol. The Bertz CT molecular complexity index is 186. The summed E-state index contributed by atoms with van der Waals surface area (Å²) in [5.74, 6) is -0.199. The van der Waals surface area contributed by atoms with E-state index in [1.54, 1.807) is 7.11 Å². The maximum atomic E-state index is 11.2. The summed E-state index contributed by atoms with van der Waals surface area (Å²) in [6.45, 7) is 7.25. The third-order valence-corrected chi connectivity index (χ3v) is 1.98. The highest BCUT2D eigenvalue weighted by atomic mass is 16.5. The van der Waals surface area contributed by atoms with Crippen LogP contribution in [-0.2, 0) is 14.3 Å². The van der Waals surface area contributed by atoms with Crippen molar-refractivity contribution in [1.82, 2.24) is 10.2 Å². The predicted molar refractivity (Wildman–Crippen MR) is 63.5 cm³/mol. The number of hydrogen-bond acceptors (Lipinski definition) is 5. The van der Waals surface area contributed by atoms with E-state index in [9.17, 15) is 4.79 Å². The first-order valence-corrected chi connectivity index (χ1v) is 5.64. The van der Waals surface area contributed by atoms with Crippen LogP contribution >= 0.6 is 0 Å². The topological polar surface area (TPSA) is 50.8 Å². The number of nitrogens with one attached hydrogen (secondary N) is 1. The number of methoxy groups -OCH3 is 1. The van der Waals surface area contributed by atoms with E-state index in [0.29, 0.717) is 0 Å². The normalized spacial score (nSPS) is 11.1. The maximum Gasteiger partial charge on any atom is 0.320 e. The van der Waals surface area contributed by atoms with Crippen molar-refractivity contribution in [3.63, 3.8) is 0 Å². The molecule has 5 heteroatoms. The number of carbonyl (C=O) groups is 1. The van der Waals surface area contributed by atoms with Crippen LogP contribution in [0.1, 0.15) is 13.8 Å². The molecule has 0 heterocycles. The first kappa shape index (κ1) is 15.3. The molecule has 0 aliphatic carbocycles. The molecule has 96 valence electrons. The van der Waals surface area contributed by atoms with Gasteiger partial charge in [-0.2, -0.15) is 0 Å². The lowest BCUT2D eigenvalue weighted by molar-refractivity contribution is -0.146. The summed E-state index contributed by atoms with van der Waals surface area (Å²) in [6, 6.07) is 0. The number of hydrogen-bond donors (Lipinski definition) is 1. The van der Waals surface area contributed by atoms with Gasteiger partial charge in [0, 0.05) is 26.7 Å². The van der Waals surface area contributed by atoms with Crippen LogP contribution in [0.3, 0.4) is 0 Å². The highest BCUT2D eigenvalue weighted by Gasteiger charge is 2.04. The molecule has 0 amide bonds. The maximum absolute atomic E-state index is 11.2. The molecule has 0 rings (SSSR count). The van der Waals surface area contributed by atoms with E-state index in [0.717, 1.165) is 26.2 Å². The number of rotatable bonds is 9. The first-order valence-electron chi connectivity index (χ1n) is 5.64. The van der Waals surface area contributed by atoms with Crippen molar-refractivity contribution in [2.75, 3.05) is 46.9 Å². The molecule has 0 spiro atoms. The van der Waals surface area contributed by atoms with Gasteiger partial charge in [0.2, 0.25) is 0 Å². The fourth-order valence-corrected chi connectivity index (χ4v) is 1.12. The molecule has 16 heavy (non-hydrogen) atoms. The number of nitrogens with zero attached hydrogens (tertiary/aromatic N) is 1. The lowest BCUT2D eigenvalue weighted by Gasteiger charge is -2.16. The molecule has 0 aliphatic rings. The van der Waals surface area contributed by atoms with Crippen LogP contribution in [-0.4, -0.2) is 63.9 Å². The summed E-state index contributed by atoms with van der Waals surface area (Å²) in [6.07, 6.45) is -0.0429. The minimum atomic E-state index is -0.199. The van der Waals surface area contributed by atoms with Gasteiger partial charge in [0.1, 0.15) is 0 Å². The van der Waals surface area contributed by atoms with E-state index in [2.05, 4.69) is 10.2 Å². The van der Waals surface area contributed by atoms with Gasteiger partial charge in [-0.15, -0.1) is 0 Å². The largest absolute Gasteiger partial charge is 0.462 e. The van der Waals surface area contributed by atoms with E-state index in [-0.39, 0.29) is 18.6 Å². The quantitative estimate of drug-likeness (QED) is 0.451. The minimum absolute atomic E-state index is 0.0429. The van der Waals surface area contributed by atoms with Crippen LogP contribution in [0.25, 0.3) is 0 Å². The zero-order chi connectivity index (χ0) is 12.4. The fraction of sp³-hybridized carbons (Fsp3) is 0.909. The summed E-state index contributed by atoms with van der Waals surface area (Å²) < 4.78 is 9.95. The lowest BCUT2D eigenvalue weighted by Crippen LogP contribution is -2.34. The summed E-state index contributed by atoms with van der Waals surface area (Å²) in [5.41, 5.74) is 0. The van der Waals surface area contributed by atoms with Crippen molar-refractivity contribution >= 4 is 5.97 Å². The molecule has 0 unspecified atom stereocenters. The van der Waals surface area contributed by atoms with Gasteiger partial charge in [-0.1, -0.05) is 0 Å². The molecule has 5 nitrogen and oxygen atoms in total. The Hall–Kier alpha value is -0.650. The molecule has 0 saturated carbocycles. The van der Waals surface area contributed by atoms with E-state index >= 15 is 0 Å². The van der Waals surface area contributed by atoms with E-state index < -0.39 is 0 Å². The molecule has 0 radical (unpaired) electrons. The summed E-state index contributed by atoms with van der Waals surface area (Å²) in [5, 5.41) is 3.04. The van der Waals surface area contributed by atoms with Gasteiger partial charge in [-0.3, -0.25) is 4.79 Å². The Morgan fingerprint density at radius 2 is 2.06 bits per heavy atom. The molecule has 0 saturated heterocycles. The Morgan fingerprint density at radius 1 is 1.38 bits per heavy atom. The van der Waals surface area contributed by atoms with Crippen LogP contribution in [0.15, 0.2) is 0 Å². The second kappa shape index (κ2) is 9.57. The van der Waals surface area contributed by atoms with Crippen LogP contribution in [0, 0.1) is 0 Å². The van der Waals surface area contributed by atoms with Gasteiger partial charge in [0.15, 0.2) is 0 Å². The van der Waals surface area contributed by atoms with Gasteiger partial charge < -0.3 is 19.7 Å². The minimum Gasteiger partial charge on any atom is -0.462 e. The van der Waals surface area contributed by atoms with Crippen LogP contribution in [0.5, 0.6) is 0 Å². The van der Waals surface area contributed by atoms with Crippen molar-refractivity contribution in [2.45, 2.75) is 20.0 Å². The smallest absolute Gasteiger partial charge is 0.320 e. The van der Waals surface area contributed by atoms with E-state index in [4.69, 9.17) is 9.47 Å². The molecule has 1 N–H and O–H groups in total. The molecule has 0 aromatic carbocycles. The van der Waals surface area contributed by atoms with Gasteiger partial charge in [-0.25, -0.2) is 0 Å². The number of ether oxygens (including phenoxy) is 2. The molecular formula is C11H24N2O3. The van der Waals surface area contributed by atoms with Crippen molar-refractivity contribution in [3.8, 4) is 0 Å². The monoisotopic (exact) mass is 232 g/mol. The first-order chi connectivity index (χ1) is 7.56. The molecular weight excluding hydrogens is 208 g/mol. The van der Waals surface area contributed by atoms with Gasteiger partial charge in [0.25, 0.3) is 0 Å². The van der Waals surface area contributed by atoms with Gasteiger partial charge in [0.05, 0.1) is 19.3 Å². The van der Waals surface area contributed by atoms with Crippen molar-refractivity contribution in [1.29, 1.82) is 0 Å². The van der Waals surface area contributed by atoms with Crippen molar-refractivity contribution in [2.24, 2.45) is 0 Å². The van der Waals surface area contributed by atoms with Crippen LogP contribution < -0.4 is 5.32 Å². The third kappa shape index (κ3) is 9.89. The van der Waals surface area contributed by atoms with Crippen molar-refractivity contribution in [3.05, 3.63) is 0 Å². The van der Waals surface area contributed by atoms with Crippen LogP contribution in [0.2, 0.25) is 0 Å². The van der Waals surface area contributed by atoms with Crippen molar-refractivity contribution < 1.29 is 14.3 Å². The Kier molecular flexibility index (Phi) is 9.18. The molecule has 0 aromatic rings. The fourth-order valence-electron chi connectivity index (χ4n) is 1.12. The van der Waals surface area contributed by atoms with E-state index in [1.165, 1.54) is 0 Å². The molecule has 0 aliphatic heterocycles. The summed E-state index contributed by atoms with van der Waals surface area (Å²) >= 11 is 0. The number of carbonyl (C=O) groups excluding carboxylic acids is 1. The Balaban J connectivity index is 3.35. The Morgan fingerprint density at radius 3 is 2.62 bits per heavy atom. The highest BCUT2D eigenvalue weighted by Crippen LogP contribution is 1.87. The number of likely N-dealkylation sites (N-methyl/N-ethyl adjacent to an activating group) is 1. The predicted octanol–water partition coefficient (Wildman–Crippen LogP) is 0.106. The zero-order valence-electron chi connectivity index (χ0n) is 10.8. The second-order valence-electron chi connectivity index (χ2n) is 4.01.